The molecule has 136 valence electrons. The molecule has 3 rings (SSSR count). The van der Waals surface area contributed by atoms with Crippen molar-refractivity contribution >= 4 is 27.7 Å². The lowest BCUT2D eigenvalue weighted by Gasteiger charge is -2.32. The summed E-state index contributed by atoms with van der Waals surface area (Å²) in [4.78, 5) is 26.4. The van der Waals surface area contributed by atoms with Gasteiger partial charge in [0.05, 0.1) is 0 Å². The van der Waals surface area contributed by atoms with Crippen molar-refractivity contribution in [3.63, 3.8) is 0 Å². The number of piperidine rings is 1. The lowest BCUT2D eigenvalue weighted by atomic mass is 9.89. The van der Waals surface area contributed by atoms with Crippen LogP contribution < -0.4 is 5.32 Å². The predicted octanol–water partition coefficient (Wildman–Crippen LogP) is 3.98. The van der Waals surface area contributed by atoms with Gasteiger partial charge in [0.2, 0.25) is 5.91 Å². The molecule has 1 fully saturated rings. The molecular formula is C21H23BrN2O2. The van der Waals surface area contributed by atoms with Crippen LogP contribution in [0.2, 0.25) is 0 Å². The predicted molar refractivity (Wildman–Crippen MR) is 106 cm³/mol. The van der Waals surface area contributed by atoms with Crippen LogP contribution in [0, 0.1) is 0 Å². The Morgan fingerprint density at radius 2 is 1.65 bits per heavy atom. The van der Waals surface area contributed by atoms with E-state index in [2.05, 4.69) is 45.5 Å². The minimum atomic E-state index is -0.145. The standard InChI is InChI=1S/C21H23BrN2O2/c22-19-8-6-18(7-9-19)21(26)23-13-10-20(25)24-14-11-17(12-15-24)16-4-2-1-3-5-16/h1-9,17H,10-15H2,(H,23,26). The average Bonchev–Trinajstić information content (AvgIpc) is 2.69. The van der Waals surface area contributed by atoms with Crippen LogP contribution in [0.25, 0.3) is 0 Å². The van der Waals surface area contributed by atoms with Gasteiger partial charge < -0.3 is 10.2 Å². The molecule has 2 aromatic rings. The molecule has 1 N–H and O–H groups in total. The number of hydrogen-bond donors (Lipinski definition) is 1. The van der Waals surface area contributed by atoms with Gasteiger partial charge in [0.15, 0.2) is 0 Å². The van der Waals surface area contributed by atoms with Gasteiger partial charge in [0, 0.05) is 36.1 Å². The number of hydrogen-bond acceptors (Lipinski definition) is 2. The third-order valence-corrected chi connectivity index (χ3v) is 5.38. The summed E-state index contributed by atoms with van der Waals surface area (Å²) in [5.41, 5.74) is 1.96. The van der Waals surface area contributed by atoms with E-state index in [4.69, 9.17) is 0 Å². The second-order valence-electron chi connectivity index (χ2n) is 6.58. The Hall–Kier alpha value is -2.14. The molecule has 1 aliphatic heterocycles. The van der Waals surface area contributed by atoms with Crippen LogP contribution in [0.4, 0.5) is 0 Å². The lowest BCUT2D eigenvalue weighted by molar-refractivity contribution is -0.132. The second-order valence-corrected chi connectivity index (χ2v) is 7.49. The number of amides is 2. The van der Waals surface area contributed by atoms with Crippen LogP contribution >= 0.6 is 15.9 Å². The van der Waals surface area contributed by atoms with Gasteiger partial charge >= 0.3 is 0 Å². The molecule has 0 atom stereocenters. The van der Waals surface area contributed by atoms with E-state index in [1.165, 1.54) is 5.56 Å². The number of carbonyl (C=O) groups excluding carboxylic acids is 2. The molecular weight excluding hydrogens is 392 g/mol. The summed E-state index contributed by atoms with van der Waals surface area (Å²) in [5.74, 6) is 0.512. The quantitative estimate of drug-likeness (QED) is 0.804. The maximum atomic E-state index is 12.4. The molecule has 0 spiro atoms. The minimum Gasteiger partial charge on any atom is -0.352 e. The molecule has 0 unspecified atom stereocenters. The highest BCUT2D eigenvalue weighted by molar-refractivity contribution is 9.10. The Morgan fingerprint density at radius 3 is 2.31 bits per heavy atom. The molecule has 1 heterocycles. The van der Waals surface area contributed by atoms with Gasteiger partial charge in [-0.25, -0.2) is 0 Å². The third-order valence-electron chi connectivity index (χ3n) is 4.85. The molecule has 0 radical (unpaired) electrons. The van der Waals surface area contributed by atoms with E-state index >= 15 is 0 Å². The zero-order valence-electron chi connectivity index (χ0n) is 14.7. The fraction of sp³-hybridized carbons (Fsp3) is 0.333. The van der Waals surface area contributed by atoms with Crippen molar-refractivity contribution in [1.29, 1.82) is 0 Å². The van der Waals surface area contributed by atoms with E-state index in [0.29, 0.717) is 24.4 Å². The molecule has 0 aromatic heterocycles. The highest BCUT2D eigenvalue weighted by atomic mass is 79.9. The topological polar surface area (TPSA) is 49.4 Å². The molecule has 0 aliphatic carbocycles. The maximum Gasteiger partial charge on any atom is 0.251 e. The molecule has 2 aromatic carbocycles. The van der Waals surface area contributed by atoms with Crippen LogP contribution in [0.3, 0.4) is 0 Å². The summed E-state index contributed by atoms with van der Waals surface area (Å²) < 4.78 is 0.933. The Labute approximate surface area is 162 Å². The monoisotopic (exact) mass is 414 g/mol. The van der Waals surface area contributed by atoms with Crippen molar-refractivity contribution in [2.45, 2.75) is 25.2 Å². The molecule has 5 heteroatoms. The molecule has 1 aliphatic rings. The van der Waals surface area contributed by atoms with Gasteiger partial charge in [-0.05, 0) is 48.6 Å². The first-order chi connectivity index (χ1) is 12.6. The van der Waals surface area contributed by atoms with Gasteiger partial charge in [-0.15, -0.1) is 0 Å². The fourth-order valence-electron chi connectivity index (χ4n) is 3.33. The fourth-order valence-corrected chi connectivity index (χ4v) is 3.60. The van der Waals surface area contributed by atoms with Crippen LogP contribution in [0.5, 0.6) is 0 Å². The number of carbonyl (C=O) groups is 2. The van der Waals surface area contributed by atoms with Gasteiger partial charge in [-0.2, -0.15) is 0 Å². The summed E-state index contributed by atoms with van der Waals surface area (Å²) in [5, 5.41) is 2.82. The number of nitrogens with one attached hydrogen (secondary N) is 1. The van der Waals surface area contributed by atoms with E-state index in [-0.39, 0.29) is 11.8 Å². The second kappa shape index (κ2) is 8.99. The third kappa shape index (κ3) is 4.94. The summed E-state index contributed by atoms with van der Waals surface area (Å²) in [7, 11) is 0. The first-order valence-electron chi connectivity index (χ1n) is 9.00. The van der Waals surface area contributed by atoms with Crippen molar-refractivity contribution in [2.75, 3.05) is 19.6 Å². The zero-order valence-corrected chi connectivity index (χ0v) is 16.2. The smallest absolute Gasteiger partial charge is 0.251 e. The Balaban J connectivity index is 1.40. The number of rotatable bonds is 5. The van der Waals surface area contributed by atoms with Crippen molar-refractivity contribution in [2.24, 2.45) is 0 Å². The Bertz CT molecular complexity index is 738. The normalized spacial score (nSPS) is 14.9. The Kier molecular flexibility index (Phi) is 6.45. The van der Waals surface area contributed by atoms with Crippen LogP contribution in [0.15, 0.2) is 59.1 Å². The summed E-state index contributed by atoms with van der Waals surface area (Å²) in [6.45, 7) is 1.95. The zero-order chi connectivity index (χ0) is 18.4. The molecule has 4 nitrogen and oxygen atoms in total. The SMILES string of the molecule is O=C(NCCC(=O)N1CCC(c2ccccc2)CC1)c1ccc(Br)cc1. The summed E-state index contributed by atoms with van der Waals surface area (Å²) in [6.07, 6.45) is 2.35. The molecule has 26 heavy (non-hydrogen) atoms. The van der Waals surface area contributed by atoms with Crippen molar-refractivity contribution < 1.29 is 9.59 Å². The van der Waals surface area contributed by atoms with E-state index in [1.807, 2.05) is 23.1 Å². The first kappa shape index (κ1) is 18.6. The summed E-state index contributed by atoms with van der Waals surface area (Å²) >= 11 is 3.35. The minimum absolute atomic E-state index is 0.118. The van der Waals surface area contributed by atoms with Crippen molar-refractivity contribution in [1.82, 2.24) is 10.2 Å². The maximum absolute atomic E-state index is 12.4. The number of likely N-dealkylation sites (tertiary alicyclic amines) is 1. The van der Waals surface area contributed by atoms with Crippen molar-refractivity contribution in [3.8, 4) is 0 Å². The summed E-state index contributed by atoms with van der Waals surface area (Å²) in [6, 6.07) is 17.7. The van der Waals surface area contributed by atoms with E-state index in [9.17, 15) is 9.59 Å². The van der Waals surface area contributed by atoms with Crippen LogP contribution in [-0.4, -0.2) is 36.3 Å². The van der Waals surface area contributed by atoms with Gasteiger partial charge in [-0.1, -0.05) is 46.3 Å². The van der Waals surface area contributed by atoms with Crippen LogP contribution in [0.1, 0.15) is 41.1 Å². The van der Waals surface area contributed by atoms with Gasteiger partial charge in [0.25, 0.3) is 5.91 Å². The highest BCUT2D eigenvalue weighted by Gasteiger charge is 2.23. The average molecular weight is 415 g/mol. The van der Waals surface area contributed by atoms with Crippen LogP contribution in [-0.2, 0) is 4.79 Å². The number of benzene rings is 2. The van der Waals surface area contributed by atoms with E-state index in [0.717, 1.165) is 30.4 Å². The molecule has 2 amide bonds. The Morgan fingerprint density at radius 1 is 1.00 bits per heavy atom. The van der Waals surface area contributed by atoms with Gasteiger partial charge in [0.1, 0.15) is 0 Å². The van der Waals surface area contributed by atoms with E-state index in [1.54, 1.807) is 12.1 Å². The highest BCUT2D eigenvalue weighted by Crippen LogP contribution is 2.27. The van der Waals surface area contributed by atoms with Crippen molar-refractivity contribution in [3.05, 3.63) is 70.2 Å². The first-order valence-corrected chi connectivity index (χ1v) is 9.79. The van der Waals surface area contributed by atoms with Gasteiger partial charge in [-0.3, -0.25) is 9.59 Å². The largest absolute Gasteiger partial charge is 0.352 e. The molecule has 0 saturated carbocycles. The number of nitrogens with zero attached hydrogens (tertiary/aromatic N) is 1. The number of halogens is 1. The molecule has 1 saturated heterocycles. The molecule has 0 bridgehead atoms. The lowest BCUT2D eigenvalue weighted by Crippen LogP contribution is -2.39. The van der Waals surface area contributed by atoms with E-state index < -0.39 is 0 Å².